The highest BCUT2D eigenvalue weighted by molar-refractivity contribution is 5.96. The van der Waals surface area contributed by atoms with Crippen LogP contribution >= 0.6 is 0 Å². The first-order valence-electron chi connectivity index (χ1n) is 12.3. The minimum Gasteiger partial charge on any atom is -0.508 e. The van der Waals surface area contributed by atoms with Gasteiger partial charge in [-0.15, -0.1) is 0 Å². The van der Waals surface area contributed by atoms with E-state index in [-0.39, 0.29) is 19.0 Å². The molecule has 2 N–H and O–H groups in total. The third-order valence-corrected chi connectivity index (χ3v) is 6.53. The summed E-state index contributed by atoms with van der Waals surface area (Å²) in [5.74, 6) is 0.248. The monoisotopic (exact) mass is 573 g/mol. The van der Waals surface area contributed by atoms with Gasteiger partial charge in [-0.25, -0.2) is 0 Å². The van der Waals surface area contributed by atoms with Crippen molar-refractivity contribution in [3.63, 3.8) is 0 Å². The van der Waals surface area contributed by atoms with E-state index in [4.69, 9.17) is 14.9 Å². The summed E-state index contributed by atoms with van der Waals surface area (Å²) in [6, 6.07) is 20.7. The van der Waals surface area contributed by atoms with E-state index >= 15 is 0 Å². The molecule has 0 aliphatic carbocycles. The predicted octanol–water partition coefficient (Wildman–Crippen LogP) is 8.35. The number of phenols is 1. The number of rotatable bonds is 9. The normalized spacial score (nSPS) is 12.2. The van der Waals surface area contributed by atoms with Crippen molar-refractivity contribution in [2.45, 2.75) is 37.9 Å². The van der Waals surface area contributed by atoms with Crippen molar-refractivity contribution in [3.8, 4) is 17.2 Å². The first kappa shape index (κ1) is 29.5. The SMILES string of the molecule is CC(=N)c1ccc(OCc2cccc(COc3ccc(C(c4ccc(O)cc4)(C(F)(F)F)C(F)(F)F)cc3)c2)cc1. The Bertz CT molecular complexity index is 1470. The van der Waals surface area contributed by atoms with Crippen molar-refractivity contribution in [3.05, 3.63) is 125 Å². The second-order valence-corrected chi connectivity index (χ2v) is 9.36. The predicted molar refractivity (Wildman–Crippen MR) is 141 cm³/mol. The van der Waals surface area contributed by atoms with Gasteiger partial charge in [-0.05, 0) is 89.3 Å². The Morgan fingerprint density at radius 1 is 0.659 bits per heavy atom. The van der Waals surface area contributed by atoms with Crippen LogP contribution in [0.5, 0.6) is 17.2 Å². The number of phenolic OH excluding ortho intramolecular Hbond substituents is 1. The number of ether oxygens (including phenoxy) is 2. The van der Waals surface area contributed by atoms with Gasteiger partial charge in [-0.3, -0.25) is 0 Å². The molecule has 0 amide bonds. The van der Waals surface area contributed by atoms with E-state index in [1.54, 1.807) is 43.3 Å². The van der Waals surface area contributed by atoms with Crippen molar-refractivity contribution in [2.75, 3.05) is 0 Å². The van der Waals surface area contributed by atoms with Gasteiger partial charge in [0.1, 0.15) is 30.5 Å². The van der Waals surface area contributed by atoms with Crippen LogP contribution in [0.3, 0.4) is 0 Å². The molecule has 0 saturated heterocycles. The molecule has 0 radical (unpaired) electrons. The van der Waals surface area contributed by atoms with Gasteiger partial charge < -0.3 is 20.0 Å². The minimum absolute atomic E-state index is 0.0160. The molecular formula is C31H25F6NO3. The topological polar surface area (TPSA) is 62.5 Å². The lowest BCUT2D eigenvalue weighted by Gasteiger charge is -2.38. The number of hydrogen-bond donors (Lipinski definition) is 2. The Morgan fingerprint density at radius 3 is 1.49 bits per heavy atom. The third kappa shape index (κ3) is 6.32. The van der Waals surface area contributed by atoms with Crippen LogP contribution in [0.4, 0.5) is 26.3 Å². The number of alkyl halides is 6. The number of nitrogens with one attached hydrogen (secondary N) is 1. The van der Waals surface area contributed by atoms with Gasteiger partial charge in [0.05, 0.1) is 0 Å². The molecule has 4 nitrogen and oxygen atoms in total. The molecule has 0 aliphatic rings. The van der Waals surface area contributed by atoms with E-state index in [1.807, 2.05) is 12.1 Å². The molecular weight excluding hydrogens is 548 g/mol. The lowest BCUT2D eigenvalue weighted by atomic mass is 9.73. The summed E-state index contributed by atoms with van der Waals surface area (Å²) in [6.45, 7) is 1.95. The number of hydrogen-bond acceptors (Lipinski definition) is 4. The smallest absolute Gasteiger partial charge is 0.411 e. The number of halogens is 6. The van der Waals surface area contributed by atoms with Crippen LogP contribution in [-0.4, -0.2) is 23.2 Å². The summed E-state index contributed by atoms with van der Waals surface area (Å²) in [7, 11) is 0. The van der Waals surface area contributed by atoms with Gasteiger partial charge in [0.25, 0.3) is 0 Å². The summed E-state index contributed by atoms with van der Waals surface area (Å²) in [5.41, 5.74) is -3.64. The van der Waals surface area contributed by atoms with E-state index in [1.165, 1.54) is 0 Å². The van der Waals surface area contributed by atoms with Crippen LogP contribution in [0.25, 0.3) is 0 Å². The molecule has 0 aromatic heterocycles. The Balaban J connectivity index is 1.49. The standard InChI is InChI=1S/C31H25F6NO3/c1-20(38)23-5-13-27(14-6-23)40-18-21-3-2-4-22(17-21)19-41-28-15-9-25(10-16-28)29(30(32,33)34,31(35,36)37)24-7-11-26(39)12-8-24/h2-17,38-39H,18-19H2,1H3. The van der Waals surface area contributed by atoms with E-state index in [9.17, 15) is 31.4 Å². The molecule has 4 aromatic rings. The first-order valence-corrected chi connectivity index (χ1v) is 12.3. The Labute approximate surface area is 232 Å². The minimum atomic E-state index is -5.73. The Kier molecular flexibility index (Phi) is 8.32. The maximum Gasteiger partial charge on any atom is 0.411 e. The fourth-order valence-electron chi connectivity index (χ4n) is 4.44. The molecule has 0 bridgehead atoms. The molecule has 0 spiro atoms. The van der Waals surface area contributed by atoms with Crippen molar-refractivity contribution < 1.29 is 40.9 Å². The Hall–Kier alpha value is -4.47. The molecule has 0 heterocycles. The second kappa shape index (κ2) is 11.6. The maximum absolute atomic E-state index is 14.2. The zero-order chi connectivity index (χ0) is 29.8. The average molecular weight is 574 g/mol. The summed E-state index contributed by atoms with van der Waals surface area (Å²) in [6.07, 6.45) is -11.5. The van der Waals surface area contributed by atoms with E-state index < -0.39 is 34.6 Å². The van der Waals surface area contributed by atoms with E-state index in [0.717, 1.165) is 47.5 Å². The fraction of sp³-hybridized carbons (Fsp3) is 0.194. The van der Waals surface area contributed by atoms with Crippen LogP contribution in [0.2, 0.25) is 0 Å². The molecule has 0 unspecified atom stereocenters. The number of aromatic hydroxyl groups is 1. The summed E-state index contributed by atoms with van der Waals surface area (Å²) >= 11 is 0. The zero-order valence-electron chi connectivity index (χ0n) is 21.7. The molecule has 10 heteroatoms. The first-order chi connectivity index (χ1) is 19.3. The fourth-order valence-corrected chi connectivity index (χ4v) is 4.44. The zero-order valence-corrected chi connectivity index (χ0v) is 21.7. The van der Waals surface area contributed by atoms with Crippen molar-refractivity contribution in [1.82, 2.24) is 0 Å². The van der Waals surface area contributed by atoms with Gasteiger partial charge in [-0.2, -0.15) is 26.3 Å². The highest BCUT2D eigenvalue weighted by atomic mass is 19.4. The molecule has 0 fully saturated rings. The third-order valence-electron chi connectivity index (χ3n) is 6.53. The highest BCUT2D eigenvalue weighted by Gasteiger charge is 2.72. The van der Waals surface area contributed by atoms with Crippen molar-refractivity contribution in [2.24, 2.45) is 0 Å². The summed E-state index contributed by atoms with van der Waals surface area (Å²) < 4.78 is 96.9. The lowest BCUT2D eigenvalue weighted by molar-refractivity contribution is -0.288. The molecule has 0 aliphatic heterocycles. The second-order valence-electron chi connectivity index (χ2n) is 9.36. The van der Waals surface area contributed by atoms with Crippen LogP contribution in [0.1, 0.15) is 34.7 Å². The van der Waals surface area contributed by atoms with Gasteiger partial charge in [0, 0.05) is 5.71 Å². The van der Waals surface area contributed by atoms with Crippen molar-refractivity contribution >= 4 is 5.71 Å². The van der Waals surface area contributed by atoms with Gasteiger partial charge in [0.2, 0.25) is 5.41 Å². The molecule has 41 heavy (non-hydrogen) atoms. The van der Waals surface area contributed by atoms with E-state index in [2.05, 4.69) is 0 Å². The van der Waals surface area contributed by atoms with Gasteiger partial charge in [0.15, 0.2) is 0 Å². The van der Waals surface area contributed by atoms with Crippen LogP contribution in [-0.2, 0) is 18.6 Å². The van der Waals surface area contributed by atoms with E-state index in [0.29, 0.717) is 29.2 Å². The quantitative estimate of drug-likeness (QED) is 0.156. The molecule has 4 aromatic carbocycles. The Morgan fingerprint density at radius 2 is 1.07 bits per heavy atom. The van der Waals surface area contributed by atoms with Crippen molar-refractivity contribution in [1.29, 1.82) is 5.41 Å². The summed E-state index contributed by atoms with van der Waals surface area (Å²) in [4.78, 5) is 0. The average Bonchev–Trinajstić information content (AvgIpc) is 2.92. The van der Waals surface area contributed by atoms with Crippen LogP contribution in [0, 0.1) is 5.41 Å². The number of benzene rings is 4. The summed E-state index contributed by atoms with van der Waals surface area (Å²) in [5, 5.41) is 17.1. The highest BCUT2D eigenvalue weighted by Crippen LogP contribution is 2.56. The van der Waals surface area contributed by atoms with Gasteiger partial charge >= 0.3 is 12.4 Å². The lowest BCUT2D eigenvalue weighted by Crippen LogP contribution is -2.54. The molecule has 4 rings (SSSR count). The maximum atomic E-state index is 14.2. The van der Waals surface area contributed by atoms with Crippen LogP contribution in [0.15, 0.2) is 97.1 Å². The molecule has 0 atom stereocenters. The molecule has 0 saturated carbocycles. The van der Waals surface area contributed by atoms with Crippen LogP contribution < -0.4 is 9.47 Å². The largest absolute Gasteiger partial charge is 0.508 e. The molecule has 214 valence electrons. The van der Waals surface area contributed by atoms with Gasteiger partial charge in [-0.1, -0.05) is 42.5 Å².